The van der Waals surface area contributed by atoms with Crippen molar-refractivity contribution in [3.05, 3.63) is 74.6 Å². The molecule has 0 aliphatic carbocycles. The van der Waals surface area contributed by atoms with E-state index in [2.05, 4.69) is 5.32 Å². The minimum atomic E-state index is -3.22. The fourth-order valence-corrected chi connectivity index (χ4v) is 5.02. The number of hydrogen-bond acceptors (Lipinski definition) is 6. The second kappa shape index (κ2) is 8.57. The highest BCUT2D eigenvalue weighted by Gasteiger charge is 2.33. The van der Waals surface area contributed by atoms with E-state index >= 15 is 0 Å². The molecule has 2 aromatic heterocycles. The SMILES string of the molecule is CS(=O)(=O)c1ccc(CCC(=O)NC[C@@](O)(c2ccsc2)c2cccs2)cc1. The van der Waals surface area contributed by atoms with Gasteiger partial charge < -0.3 is 10.4 Å². The predicted octanol–water partition coefficient (Wildman–Crippen LogP) is 3.20. The summed E-state index contributed by atoms with van der Waals surface area (Å²) in [7, 11) is -3.22. The van der Waals surface area contributed by atoms with E-state index in [1.54, 1.807) is 24.3 Å². The quantitative estimate of drug-likeness (QED) is 0.569. The highest BCUT2D eigenvalue weighted by Crippen LogP contribution is 2.33. The zero-order valence-corrected chi connectivity index (χ0v) is 17.7. The van der Waals surface area contributed by atoms with Crippen LogP contribution in [0.5, 0.6) is 0 Å². The van der Waals surface area contributed by atoms with Crippen LogP contribution in [0.3, 0.4) is 0 Å². The highest BCUT2D eigenvalue weighted by atomic mass is 32.2. The maximum absolute atomic E-state index is 12.3. The van der Waals surface area contributed by atoms with Crippen LogP contribution < -0.4 is 5.32 Å². The number of benzene rings is 1. The molecule has 0 bridgehead atoms. The molecule has 8 heteroatoms. The molecule has 0 spiro atoms. The van der Waals surface area contributed by atoms with E-state index in [1.807, 2.05) is 34.3 Å². The molecule has 5 nitrogen and oxygen atoms in total. The van der Waals surface area contributed by atoms with E-state index in [1.165, 1.54) is 22.7 Å². The maximum Gasteiger partial charge on any atom is 0.220 e. The van der Waals surface area contributed by atoms with Gasteiger partial charge in [0.05, 0.1) is 11.4 Å². The van der Waals surface area contributed by atoms with E-state index in [0.29, 0.717) is 6.42 Å². The van der Waals surface area contributed by atoms with Crippen LogP contribution >= 0.6 is 22.7 Å². The summed E-state index contributed by atoms with van der Waals surface area (Å²) in [5, 5.41) is 19.7. The van der Waals surface area contributed by atoms with E-state index < -0.39 is 15.4 Å². The number of hydrogen-bond donors (Lipinski definition) is 2. The summed E-state index contributed by atoms with van der Waals surface area (Å²) in [6.45, 7) is 0.0933. The number of amides is 1. The summed E-state index contributed by atoms with van der Waals surface area (Å²) in [6.07, 6.45) is 1.91. The number of aliphatic hydroxyl groups is 1. The third-order valence-electron chi connectivity index (χ3n) is 4.46. The Kier molecular flexibility index (Phi) is 6.34. The summed E-state index contributed by atoms with van der Waals surface area (Å²) < 4.78 is 23.0. The second-order valence-corrected chi connectivity index (χ2v) is 10.3. The summed E-state index contributed by atoms with van der Waals surface area (Å²) in [6, 6.07) is 12.1. The highest BCUT2D eigenvalue weighted by molar-refractivity contribution is 7.90. The first-order valence-electron chi connectivity index (χ1n) is 8.64. The monoisotopic (exact) mass is 435 g/mol. The lowest BCUT2D eigenvalue weighted by Crippen LogP contribution is -2.41. The molecule has 1 aromatic carbocycles. The largest absolute Gasteiger partial charge is 0.378 e. The first kappa shape index (κ1) is 20.7. The molecule has 0 saturated heterocycles. The van der Waals surface area contributed by atoms with Gasteiger partial charge in [-0.1, -0.05) is 18.2 Å². The molecule has 0 fully saturated rings. The molecule has 0 radical (unpaired) electrons. The average molecular weight is 436 g/mol. The number of aryl methyl sites for hydroxylation is 1. The number of carbonyl (C=O) groups is 1. The molecular formula is C20H21NO4S3. The van der Waals surface area contributed by atoms with Gasteiger partial charge >= 0.3 is 0 Å². The van der Waals surface area contributed by atoms with Crippen LogP contribution in [0.4, 0.5) is 0 Å². The zero-order valence-electron chi connectivity index (χ0n) is 15.3. The van der Waals surface area contributed by atoms with E-state index in [-0.39, 0.29) is 23.8 Å². The number of carbonyl (C=O) groups excluding carboxylic acids is 1. The smallest absolute Gasteiger partial charge is 0.220 e. The van der Waals surface area contributed by atoms with Crippen molar-refractivity contribution in [1.29, 1.82) is 0 Å². The topological polar surface area (TPSA) is 83.5 Å². The van der Waals surface area contributed by atoms with E-state index in [0.717, 1.165) is 22.3 Å². The Balaban J connectivity index is 1.60. The van der Waals surface area contributed by atoms with Gasteiger partial charge in [0, 0.05) is 23.1 Å². The van der Waals surface area contributed by atoms with Gasteiger partial charge in [-0.05, 0) is 52.4 Å². The molecule has 1 amide bonds. The molecule has 0 aliphatic heterocycles. The number of thiophene rings is 2. The zero-order chi connectivity index (χ0) is 20.2. The maximum atomic E-state index is 12.3. The van der Waals surface area contributed by atoms with Gasteiger partial charge in [0.25, 0.3) is 0 Å². The molecule has 0 saturated carbocycles. The molecule has 2 heterocycles. The van der Waals surface area contributed by atoms with Gasteiger partial charge in [-0.3, -0.25) is 4.79 Å². The Morgan fingerprint density at radius 1 is 1.14 bits per heavy atom. The molecule has 28 heavy (non-hydrogen) atoms. The van der Waals surface area contributed by atoms with Crippen LogP contribution in [0.15, 0.2) is 63.5 Å². The standard InChI is InChI=1S/C20H21NO4S3/c1-28(24,25)17-7-4-15(5-8-17)6-9-19(22)21-14-20(23,16-10-12-26-13-16)18-3-2-11-27-18/h2-5,7-8,10-13,23H,6,9,14H2,1H3,(H,21,22)/t20-/m1/s1. The van der Waals surface area contributed by atoms with Crippen molar-refractivity contribution < 1.29 is 18.3 Å². The summed E-state index contributed by atoms with van der Waals surface area (Å²) in [5.74, 6) is -0.169. The van der Waals surface area contributed by atoms with Gasteiger partial charge in [0.2, 0.25) is 5.91 Å². The van der Waals surface area contributed by atoms with Crippen LogP contribution in [0.1, 0.15) is 22.4 Å². The molecule has 3 rings (SSSR count). The third kappa shape index (κ3) is 4.88. The fraction of sp³-hybridized carbons (Fsp3) is 0.250. The van der Waals surface area contributed by atoms with Crippen LogP contribution in [0.2, 0.25) is 0 Å². The van der Waals surface area contributed by atoms with Gasteiger partial charge in [-0.15, -0.1) is 11.3 Å². The summed E-state index contributed by atoms with van der Waals surface area (Å²) >= 11 is 2.94. The van der Waals surface area contributed by atoms with Crippen LogP contribution in [0, 0.1) is 0 Å². The van der Waals surface area contributed by atoms with Crippen LogP contribution in [-0.4, -0.2) is 32.2 Å². The molecule has 0 unspecified atom stereocenters. The van der Waals surface area contributed by atoms with Gasteiger partial charge in [0.15, 0.2) is 9.84 Å². The van der Waals surface area contributed by atoms with Gasteiger partial charge in [0.1, 0.15) is 5.60 Å². The Morgan fingerprint density at radius 2 is 1.89 bits per heavy atom. The minimum Gasteiger partial charge on any atom is -0.378 e. The minimum absolute atomic E-state index is 0.0933. The van der Waals surface area contributed by atoms with Crippen molar-refractivity contribution >= 4 is 38.4 Å². The Bertz CT molecular complexity index is 974. The lowest BCUT2D eigenvalue weighted by Gasteiger charge is -2.27. The van der Waals surface area contributed by atoms with Crippen molar-refractivity contribution in [2.75, 3.05) is 12.8 Å². The molecule has 2 N–H and O–H groups in total. The van der Waals surface area contributed by atoms with Gasteiger partial charge in [-0.2, -0.15) is 11.3 Å². The normalized spacial score (nSPS) is 13.8. The van der Waals surface area contributed by atoms with Crippen molar-refractivity contribution in [2.24, 2.45) is 0 Å². The summed E-state index contributed by atoms with van der Waals surface area (Å²) in [5.41, 5.74) is 0.395. The second-order valence-electron chi connectivity index (χ2n) is 6.54. The predicted molar refractivity (Wildman–Crippen MR) is 113 cm³/mol. The van der Waals surface area contributed by atoms with Gasteiger partial charge in [-0.25, -0.2) is 8.42 Å². The molecule has 148 valence electrons. The Hall–Kier alpha value is -2.00. The number of sulfone groups is 1. The van der Waals surface area contributed by atoms with Crippen molar-refractivity contribution in [1.82, 2.24) is 5.32 Å². The Labute approximate surface area is 172 Å². The molecular weight excluding hydrogens is 414 g/mol. The molecule has 3 aromatic rings. The van der Waals surface area contributed by atoms with Crippen LogP contribution in [-0.2, 0) is 26.7 Å². The van der Waals surface area contributed by atoms with E-state index in [9.17, 15) is 18.3 Å². The van der Waals surface area contributed by atoms with Crippen LogP contribution in [0.25, 0.3) is 0 Å². The lowest BCUT2D eigenvalue weighted by molar-refractivity contribution is -0.122. The van der Waals surface area contributed by atoms with E-state index in [4.69, 9.17) is 0 Å². The van der Waals surface area contributed by atoms with Crippen molar-refractivity contribution in [3.8, 4) is 0 Å². The Morgan fingerprint density at radius 3 is 2.46 bits per heavy atom. The fourth-order valence-electron chi connectivity index (χ4n) is 2.82. The number of nitrogens with one attached hydrogen (secondary N) is 1. The number of rotatable bonds is 8. The lowest BCUT2D eigenvalue weighted by atomic mass is 9.94. The first-order chi connectivity index (χ1) is 13.3. The average Bonchev–Trinajstić information content (AvgIpc) is 3.38. The van der Waals surface area contributed by atoms with Crippen molar-refractivity contribution in [3.63, 3.8) is 0 Å². The third-order valence-corrected chi connectivity index (χ3v) is 7.29. The first-order valence-corrected chi connectivity index (χ1v) is 12.4. The molecule has 1 atom stereocenters. The van der Waals surface area contributed by atoms with Crippen molar-refractivity contribution in [2.45, 2.75) is 23.3 Å². The summed E-state index contributed by atoms with van der Waals surface area (Å²) in [4.78, 5) is 13.4. The molecule has 0 aliphatic rings.